The summed E-state index contributed by atoms with van der Waals surface area (Å²) in [4.78, 5) is 17.0. The molecule has 3 N–H and O–H groups in total. The highest BCUT2D eigenvalue weighted by Crippen LogP contribution is 2.31. The number of oxazole rings is 1. The summed E-state index contributed by atoms with van der Waals surface area (Å²) in [5, 5.41) is -0.503. The summed E-state index contributed by atoms with van der Waals surface area (Å²) in [6, 6.07) is 8.11. The van der Waals surface area contributed by atoms with E-state index in [0.717, 1.165) is 24.0 Å². The standard InChI is InChI=1S/C22H22F3N5O4S2/c1-13(15-5-3-2-4-14(15)10-29-7-6-22(24,25)11-29)30-17-8-16(23)19(9-18(17)34-21(30)31)36(32,33)28-20(35)27-12-26/h2-5,8-9,12-13H,6-7,10-11H2,1H3,(H3,26,27,28,35). The van der Waals surface area contributed by atoms with E-state index in [1.807, 2.05) is 4.72 Å². The maximum Gasteiger partial charge on any atom is 0.420 e. The Hall–Kier alpha value is -3.23. The molecule has 36 heavy (non-hydrogen) atoms. The molecule has 1 atom stereocenters. The first kappa shape index (κ1) is 25.9. The molecule has 14 heteroatoms. The van der Waals surface area contributed by atoms with Crippen molar-refractivity contribution in [3.8, 4) is 0 Å². The Bertz CT molecular complexity index is 1520. The summed E-state index contributed by atoms with van der Waals surface area (Å²) in [5.74, 6) is -4.74. The molecule has 0 amide bonds. The van der Waals surface area contributed by atoms with Crippen LogP contribution in [0.3, 0.4) is 0 Å². The van der Waals surface area contributed by atoms with Crippen molar-refractivity contribution in [3.05, 3.63) is 63.9 Å². The molecule has 192 valence electrons. The van der Waals surface area contributed by atoms with Gasteiger partial charge in [-0.15, -0.1) is 0 Å². The van der Waals surface area contributed by atoms with Crippen LogP contribution in [0.5, 0.6) is 0 Å². The molecule has 1 aliphatic heterocycles. The summed E-state index contributed by atoms with van der Waals surface area (Å²) in [7, 11) is -4.48. The quantitative estimate of drug-likeness (QED) is 0.280. The van der Waals surface area contributed by atoms with E-state index >= 15 is 0 Å². The molecule has 1 aliphatic rings. The highest BCUT2D eigenvalue weighted by atomic mass is 32.2. The number of hydrogen-bond donors (Lipinski definition) is 2. The van der Waals surface area contributed by atoms with Crippen LogP contribution in [0.4, 0.5) is 13.2 Å². The van der Waals surface area contributed by atoms with Crippen LogP contribution in [0.15, 0.2) is 55.5 Å². The van der Waals surface area contributed by atoms with E-state index in [2.05, 4.69) is 4.99 Å². The van der Waals surface area contributed by atoms with E-state index < -0.39 is 43.6 Å². The number of benzene rings is 2. The molecule has 3 aromatic rings. The van der Waals surface area contributed by atoms with Gasteiger partial charge >= 0.3 is 5.76 Å². The third-order valence-corrected chi connectivity index (χ3v) is 7.60. The fraction of sp³-hybridized carbons (Fsp3) is 0.318. The number of nitrogens with two attached hydrogens (primary N) is 1. The predicted molar refractivity (Wildman–Crippen MR) is 131 cm³/mol. The second-order valence-corrected chi connectivity index (χ2v) is 10.4. The van der Waals surface area contributed by atoms with Gasteiger partial charge in [0.2, 0.25) is 5.11 Å². The van der Waals surface area contributed by atoms with Gasteiger partial charge < -0.3 is 10.2 Å². The number of halogens is 3. The first-order valence-corrected chi connectivity index (χ1v) is 12.6. The Morgan fingerprint density at radius 3 is 2.75 bits per heavy atom. The summed E-state index contributed by atoms with van der Waals surface area (Å²) in [6.45, 7) is 1.80. The average Bonchev–Trinajstić information content (AvgIpc) is 3.29. The molecule has 0 radical (unpaired) electrons. The minimum Gasteiger partial charge on any atom is -0.408 e. The number of sulfonamides is 1. The normalized spacial score (nSPS) is 17.1. The summed E-state index contributed by atoms with van der Waals surface area (Å²) in [5.41, 5.74) is 6.31. The Labute approximate surface area is 209 Å². The van der Waals surface area contributed by atoms with E-state index in [1.54, 1.807) is 36.1 Å². The van der Waals surface area contributed by atoms with Gasteiger partial charge in [-0.1, -0.05) is 24.3 Å². The molecule has 1 fully saturated rings. The molecule has 0 spiro atoms. The van der Waals surface area contributed by atoms with Gasteiger partial charge in [0.25, 0.3) is 15.9 Å². The second-order valence-electron chi connectivity index (χ2n) is 8.37. The summed E-state index contributed by atoms with van der Waals surface area (Å²) in [6.07, 6.45) is 0.553. The maximum absolute atomic E-state index is 15.0. The van der Waals surface area contributed by atoms with Crippen LogP contribution < -0.4 is 16.2 Å². The molecule has 2 aromatic carbocycles. The fourth-order valence-corrected chi connectivity index (χ4v) is 5.64. The Morgan fingerprint density at radius 1 is 1.36 bits per heavy atom. The SMILES string of the molecule is CC(c1ccccc1CN1CCC(F)(F)C1)n1c(=O)oc2cc(S(=O)(=O)NC(=S)N=CN)c(F)cc21. The minimum absolute atomic E-state index is 0.0222. The minimum atomic E-state index is -4.48. The fourth-order valence-electron chi connectivity index (χ4n) is 4.28. The number of aromatic nitrogens is 1. The molecule has 9 nitrogen and oxygen atoms in total. The van der Waals surface area contributed by atoms with Crippen LogP contribution in [0.1, 0.15) is 30.5 Å². The van der Waals surface area contributed by atoms with Crippen LogP contribution in [-0.4, -0.2) is 48.3 Å². The van der Waals surface area contributed by atoms with Gasteiger partial charge in [0, 0.05) is 31.6 Å². The molecular weight excluding hydrogens is 519 g/mol. The van der Waals surface area contributed by atoms with Crippen molar-refractivity contribution in [2.45, 2.75) is 36.7 Å². The van der Waals surface area contributed by atoms with Gasteiger partial charge in [-0.2, -0.15) is 0 Å². The molecule has 1 saturated heterocycles. The molecule has 0 aliphatic carbocycles. The van der Waals surface area contributed by atoms with E-state index in [4.69, 9.17) is 22.4 Å². The van der Waals surface area contributed by atoms with Crippen molar-refractivity contribution < 1.29 is 26.0 Å². The molecule has 0 saturated carbocycles. The Kier molecular flexibility index (Phi) is 6.94. The van der Waals surface area contributed by atoms with Crippen molar-refractivity contribution in [2.75, 3.05) is 13.1 Å². The van der Waals surface area contributed by atoms with Gasteiger partial charge in [-0.25, -0.2) is 31.4 Å². The van der Waals surface area contributed by atoms with Crippen LogP contribution in [0, 0.1) is 5.82 Å². The van der Waals surface area contributed by atoms with Crippen LogP contribution in [0.2, 0.25) is 0 Å². The molecular formula is C22H22F3N5O4S2. The largest absolute Gasteiger partial charge is 0.420 e. The highest BCUT2D eigenvalue weighted by Gasteiger charge is 2.38. The zero-order valence-electron chi connectivity index (χ0n) is 18.9. The lowest BCUT2D eigenvalue weighted by Crippen LogP contribution is -2.29. The topological polar surface area (TPSA) is 123 Å². The van der Waals surface area contributed by atoms with E-state index in [9.17, 15) is 26.4 Å². The molecule has 1 aromatic heterocycles. The predicted octanol–water partition coefficient (Wildman–Crippen LogP) is 2.73. The van der Waals surface area contributed by atoms with Gasteiger partial charge in [-0.05, 0) is 30.3 Å². The number of nitrogens with zero attached hydrogens (tertiary/aromatic N) is 3. The number of alkyl halides is 2. The smallest absolute Gasteiger partial charge is 0.408 e. The van der Waals surface area contributed by atoms with Crippen LogP contribution >= 0.6 is 12.2 Å². The number of thiocarbonyl (C=S) groups is 1. The molecule has 0 bridgehead atoms. The van der Waals surface area contributed by atoms with Gasteiger partial charge in [0.15, 0.2) is 5.58 Å². The van der Waals surface area contributed by atoms with Crippen molar-refractivity contribution in [1.29, 1.82) is 0 Å². The lowest BCUT2D eigenvalue weighted by molar-refractivity contribution is 0.0115. The number of aliphatic imine (C=N–C) groups is 1. The Balaban J connectivity index is 1.71. The monoisotopic (exact) mass is 541 g/mol. The lowest BCUT2D eigenvalue weighted by atomic mass is 10.0. The van der Waals surface area contributed by atoms with Crippen molar-refractivity contribution >= 4 is 44.8 Å². The Morgan fingerprint density at radius 2 is 2.08 bits per heavy atom. The zero-order valence-corrected chi connectivity index (χ0v) is 20.6. The highest BCUT2D eigenvalue weighted by molar-refractivity contribution is 7.91. The van der Waals surface area contributed by atoms with Crippen molar-refractivity contribution in [1.82, 2.24) is 14.2 Å². The molecule has 1 unspecified atom stereocenters. The number of hydrogen-bond acceptors (Lipinski definition) is 6. The summed E-state index contributed by atoms with van der Waals surface area (Å²) >= 11 is 4.72. The van der Waals surface area contributed by atoms with Crippen LogP contribution in [-0.2, 0) is 16.6 Å². The maximum atomic E-state index is 15.0. The van der Waals surface area contributed by atoms with Crippen LogP contribution in [0.25, 0.3) is 11.1 Å². The molecule has 2 heterocycles. The number of rotatable bonds is 6. The van der Waals surface area contributed by atoms with Crippen molar-refractivity contribution in [3.63, 3.8) is 0 Å². The number of nitrogens with one attached hydrogen (secondary N) is 1. The first-order chi connectivity index (χ1) is 16.9. The second kappa shape index (κ2) is 9.67. The molecule has 4 rings (SSSR count). The van der Waals surface area contributed by atoms with E-state index in [-0.39, 0.29) is 37.2 Å². The van der Waals surface area contributed by atoms with E-state index in [0.29, 0.717) is 5.56 Å². The zero-order chi connectivity index (χ0) is 26.3. The van der Waals surface area contributed by atoms with E-state index in [1.165, 1.54) is 4.57 Å². The number of likely N-dealkylation sites (tertiary alicyclic amines) is 1. The van der Waals surface area contributed by atoms with Gasteiger partial charge in [0.05, 0.1) is 24.4 Å². The average molecular weight is 542 g/mol. The summed E-state index contributed by atoms with van der Waals surface area (Å²) < 4.78 is 75.7. The van der Waals surface area contributed by atoms with Crippen molar-refractivity contribution in [2.24, 2.45) is 10.7 Å². The number of fused-ring (bicyclic) bond motifs is 1. The van der Waals surface area contributed by atoms with Gasteiger partial charge in [-0.3, -0.25) is 14.2 Å². The third-order valence-electron chi connectivity index (χ3n) is 5.91. The lowest BCUT2D eigenvalue weighted by Gasteiger charge is -2.21. The first-order valence-electron chi connectivity index (χ1n) is 10.8. The van der Waals surface area contributed by atoms with Gasteiger partial charge in [0.1, 0.15) is 10.7 Å². The third kappa shape index (κ3) is 5.15.